The van der Waals surface area contributed by atoms with Gasteiger partial charge in [0, 0.05) is 16.7 Å². The van der Waals surface area contributed by atoms with Gasteiger partial charge in [-0.1, -0.05) is 89.6 Å². The molecule has 1 saturated carbocycles. The maximum Gasteiger partial charge on any atom is 0.224 e. The first-order valence-corrected chi connectivity index (χ1v) is 13.1. The third kappa shape index (κ3) is 5.40. The van der Waals surface area contributed by atoms with Crippen molar-refractivity contribution in [3.05, 3.63) is 105 Å². The Bertz CT molecular complexity index is 1360. The highest BCUT2D eigenvalue weighted by Gasteiger charge is 2.43. The zero-order chi connectivity index (χ0) is 24.4. The molecule has 0 aliphatic heterocycles. The first-order valence-electron chi connectivity index (χ1n) is 11.4. The summed E-state index contributed by atoms with van der Waals surface area (Å²) in [6.07, 6.45) is 0.864. The molecule has 4 aromatic rings. The van der Waals surface area contributed by atoms with E-state index >= 15 is 0 Å². The minimum Gasteiger partial charge on any atom is -0.349 e. The molecule has 1 heterocycles. The SMILES string of the molecule is Cc1ccccc1CSc1nnc(CNC(=O)C2CC2c2ccccc2)n1-c1ccc(Cl)cc1Cl. The average molecular weight is 523 g/mol. The van der Waals surface area contributed by atoms with Crippen molar-refractivity contribution in [2.24, 2.45) is 5.92 Å². The lowest BCUT2D eigenvalue weighted by Crippen LogP contribution is -2.26. The summed E-state index contributed by atoms with van der Waals surface area (Å²) in [5.41, 5.74) is 4.38. The lowest BCUT2D eigenvalue weighted by atomic mass is 10.1. The first kappa shape index (κ1) is 23.9. The number of aryl methyl sites for hydroxylation is 1. The van der Waals surface area contributed by atoms with Crippen molar-refractivity contribution in [1.29, 1.82) is 0 Å². The van der Waals surface area contributed by atoms with Crippen LogP contribution in [0.25, 0.3) is 5.69 Å². The van der Waals surface area contributed by atoms with Crippen molar-refractivity contribution in [2.75, 3.05) is 0 Å². The Morgan fingerprint density at radius 3 is 2.60 bits per heavy atom. The second kappa shape index (κ2) is 10.4. The van der Waals surface area contributed by atoms with Crippen molar-refractivity contribution in [3.63, 3.8) is 0 Å². The second-order valence-electron chi connectivity index (χ2n) is 8.62. The Morgan fingerprint density at radius 1 is 1.06 bits per heavy atom. The maximum atomic E-state index is 12.9. The number of halogens is 2. The van der Waals surface area contributed by atoms with E-state index in [2.05, 4.69) is 46.7 Å². The second-order valence-corrected chi connectivity index (χ2v) is 10.4. The van der Waals surface area contributed by atoms with Gasteiger partial charge in [0.25, 0.3) is 0 Å². The fraction of sp³-hybridized carbons (Fsp3) is 0.222. The number of benzene rings is 3. The minimum atomic E-state index is -0.0113. The number of aromatic nitrogens is 3. The smallest absolute Gasteiger partial charge is 0.224 e. The third-order valence-electron chi connectivity index (χ3n) is 6.24. The van der Waals surface area contributed by atoms with Gasteiger partial charge >= 0.3 is 0 Å². The van der Waals surface area contributed by atoms with Crippen LogP contribution in [0.4, 0.5) is 0 Å². The molecule has 1 aliphatic rings. The Labute approximate surface area is 218 Å². The molecule has 1 N–H and O–H groups in total. The average Bonchev–Trinajstić information content (AvgIpc) is 3.57. The predicted octanol–water partition coefficient (Wildman–Crippen LogP) is 6.59. The Morgan fingerprint density at radius 2 is 1.83 bits per heavy atom. The van der Waals surface area contributed by atoms with Crippen LogP contribution in [0.1, 0.15) is 34.9 Å². The van der Waals surface area contributed by atoms with Gasteiger partial charge in [0.2, 0.25) is 5.91 Å². The number of nitrogens with zero attached hydrogens (tertiary/aromatic N) is 3. The number of hydrogen-bond donors (Lipinski definition) is 1. The van der Waals surface area contributed by atoms with E-state index in [1.54, 1.807) is 23.9 Å². The van der Waals surface area contributed by atoms with E-state index in [0.29, 0.717) is 21.0 Å². The van der Waals surface area contributed by atoms with Gasteiger partial charge in [0.15, 0.2) is 11.0 Å². The van der Waals surface area contributed by atoms with Crippen LogP contribution in [-0.4, -0.2) is 20.7 Å². The summed E-state index contributed by atoms with van der Waals surface area (Å²) in [6, 6.07) is 23.8. The molecule has 1 amide bonds. The van der Waals surface area contributed by atoms with Crippen LogP contribution in [-0.2, 0) is 17.1 Å². The van der Waals surface area contributed by atoms with Crippen molar-refractivity contribution in [2.45, 2.75) is 36.7 Å². The lowest BCUT2D eigenvalue weighted by molar-refractivity contribution is -0.122. The van der Waals surface area contributed by atoms with Gasteiger partial charge in [-0.3, -0.25) is 9.36 Å². The molecular weight excluding hydrogens is 499 g/mol. The van der Waals surface area contributed by atoms with Crippen molar-refractivity contribution in [1.82, 2.24) is 20.1 Å². The van der Waals surface area contributed by atoms with Crippen molar-refractivity contribution in [3.8, 4) is 5.69 Å². The number of amides is 1. The Kier molecular flexibility index (Phi) is 7.14. The van der Waals surface area contributed by atoms with Crippen LogP contribution in [0.5, 0.6) is 0 Å². The highest BCUT2D eigenvalue weighted by molar-refractivity contribution is 7.98. The molecule has 3 aromatic carbocycles. The summed E-state index contributed by atoms with van der Waals surface area (Å²) >= 11 is 14.3. The molecule has 1 fully saturated rings. The van der Waals surface area contributed by atoms with E-state index in [0.717, 1.165) is 17.9 Å². The van der Waals surface area contributed by atoms with Crippen LogP contribution in [0.15, 0.2) is 78.0 Å². The van der Waals surface area contributed by atoms with Gasteiger partial charge in [0.05, 0.1) is 17.3 Å². The normalized spacial score (nSPS) is 16.8. The molecule has 1 aromatic heterocycles. The molecular formula is C27H24Cl2N4OS. The standard InChI is InChI=1S/C27H24Cl2N4OS/c1-17-7-5-6-10-19(17)16-35-27-32-31-25(33(27)24-12-11-20(28)13-23(24)29)15-30-26(34)22-14-21(22)18-8-3-2-4-9-18/h2-13,21-22H,14-16H2,1H3,(H,30,34). The van der Waals surface area contributed by atoms with E-state index in [1.165, 1.54) is 16.7 Å². The summed E-state index contributed by atoms with van der Waals surface area (Å²) in [4.78, 5) is 12.9. The minimum absolute atomic E-state index is 0.0113. The van der Waals surface area contributed by atoms with E-state index in [-0.39, 0.29) is 24.3 Å². The summed E-state index contributed by atoms with van der Waals surface area (Å²) in [5.74, 6) is 1.66. The number of carbonyl (C=O) groups excluding carboxylic acids is 1. The summed E-state index contributed by atoms with van der Waals surface area (Å²) in [5, 5.41) is 13.6. The van der Waals surface area contributed by atoms with E-state index < -0.39 is 0 Å². The molecule has 178 valence electrons. The number of thioether (sulfide) groups is 1. The summed E-state index contributed by atoms with van der Waals surface area (Å²) in [6.45, 7) is 2.35. The highest BCUT2D eigenvalue weighted by atomic mass is 35.5. The zero-order valence-electron chi connectivity index (χ0n) is 19.1. The topological polar surface area (TPSA) is 59.8 Å². The van der Waals surface area contributed by atoms with Gasteiger partial charge in [-0.25, -0.2) is 0 Å². The predicted molar refractivity (Wildman–Crippen MR) is 141 cm³/mol. The van der Waals surface area contributed by atoms with E-state index in [1.807, 2.05) is 41.0 Å². The first-order chi connectivity index (χ1) is 17.0. The molecule has 2 unspecified atom stereocenters. The number of rotatable bonds is 8. The quantitative estimate of drug-likeness (QED) is 0.265. The van der Waals surface area contributed by atoms with Gasteiger partial charge < -0.3 is 5.32 Å². The molecule has 1 aliphatic carbocycles. The molecule has 0 saturated heterocycles. The lowest BCUT2D eigenvalue weighted by Gasteiger charge is -2.13. The summed E-state index contributed by atoms with van der Waals surface area (Å²) in [7, 11) is 0. The molecule has 0 spiro atoms. The molecule has 2 atom stereocenters. The molecule has 35 heavy (non-hydrogen) atoms. The summed E-state index contributed by atoms with van der Waals surface area (Å²) < 4.78 is 1.91. The number of nitrogens with one attached hydrogen (secondary N) is 1. The fourth-order valence-corrected chi connectivity index (χ4v) is 5.71. The highest BCUT2D eigenvalue weighted by Crippen LogP contribution is 2.47. The van der Waals surface area contributed by atoms with Gasteiger partial charge in [-0.15, -0.1) is 10.2 Å². The Hall–Kier alpha value is -2.80. The molecule has 5 nitrogen and oxygen atoms in total. The largest absolute Gasteiger partial charge is 0.349 e. The monoisotopic (exact) mass is 522 g/mol. The van der Waals surface area contributed by atoms with Crippen LogP contribution < -0.4 is 5.32 Å². The van der Waals surface area contributed by atoms with Crippen LogP contribution in [0.2, 0.25) is 10.0 Å². The zero-order valence-corrected chi connectivity index (χ0v) is 21.4. The maximum absolute atomic E-state index is 12.9. The Balaban J connectivity index is 1.35. The molecule has 8 heteroatoms. The van der Waals surface area contributed by atoms with E-state index in [9.17, 15) is 4.79 Å². The van der Waals surface area contributed by atoms with Gasteiger partial charge in [-0.05, 0) is 54.2 Å². The van der Waals surface area contributed by atoms with Crippen LogP contribution in [0.3, 0.4) is 0 Å². The fourth-order valence-electron chi connectivity index (χ4n) is 4.18. The molecule has 0 radical (unpaired) electrons. The van der Waals surface area contributed by atoms with Crippen molar-refractivity contribution < 1.29 is 4.79 Å². The van der Waals surface area contributed by atoms with Crippen LogP contribution >= 0.6 is 35.0 Å². The number of carbonyl (C=O) groups is 1. The van der Waals surface area contributed by atoms with Crippen molar-refractivity contribution >= 4 is 40.9 Å². The third-order valence-corrected chi connectivity index (χ3v) is 7.76. The van der Waals surface area contributed by atoms with Crippen LogP contribution in [0, 0.1) is 12.8 Å². The number of hydrogen-bond acceptors (Lipinski definition) is 4. The molecule has 0 bridgehead atoms. The van der Waals surface area contributed by atoms with Gasteiger partial charge in [-0.2, -0.15) is 0 Å². The van der Waals surface area contributed by atoms with E-state index in [4.69, 9.17) is 23.2 Å². The van der Waals surface area contributed by atoms with Gasteiger partial charge in [0.1, 0.15) is 0 Å². The molecule has 5 rings (SSSR count).